The summed E-state index contributed by atoms with van der Waals surface area (Å²) in [6.45, 7) is 8.76. The molecule has 204 valence electrons. The van der Waals surface area contributed by atoms with Crippen molar-refractivity contribution in [1.29, 1.82) is 0 Å². The first-order chi connectivity index (χ1) is 18.6. The molecular weight excluding hydrogens is 515 g/mol. The highest BCUT2D eigenvalue weighted by atomic mass is 35.5. The number of anilines is 2. The van der Waals surface area contributed by atoms with E-state index in [-0.39, 0.29) is 40.0 Å². The SMILES string of the molecule is CC1CN(c2nc(N3CC(N(C)C)C3)nc3c(F)c(-c4cc(O)cc5ccccc45)c(Cl)cc23)[C@H](C)[C@H](C)N1. The molecule has 4 aromatic rings. The maximum Gasteiger partial charge on any atom is 0.228 e. The molecule has 0 aliphatic carbocycles. The van der Waals surface area contributed by atoms with Crippen molar-refractivity contribution in [3.63, 3.8) is 0 Å². The summed E-state index contributed by atoms with van der Waals surface area (Å²) in [6.07, 6.45) is 0. The quantitative estimate of drug-likeness (QED) is 0.360. The molecule has 0 saturated carbocycles. The third-order valence-corrected chi connectivity index (χ3v) is 8.65. The van der Waals surface area contributed by atoms with Crippen LogP contribution in [0.5, 0.6) is 5.75 Å². The second-order valence-electron chi connectivity index (χ2n) is 11.3. The molecule has 2 aliphatic heterocycles. The van der Waals surface area contributed by atoms with Crippen LogP contribution in [0.2, 0.25) is 5.02 Å². The molecule has 1 aromatic heterocycles. The van der Waals surface area contributed by atoms with Crippen LogP contribution in [0.3, 0.4) is 0 Å². The van der Waals surface area contributed by atoms with Gasteiger partial charge in [0.1, 0.15) is 17.1 Å². The van der Waals surface area contributed by atoms with Gasteiger partial charge in [-0.05, 0) is 69.4 Å². The van der Waals surface area contributed by atoms with Gasteiger partial charge >= 0.3 is 0 Å². The number of rotatable bonds is 4. The summed E-state index contributed by atoms with van der Waals surface area (Å²) in [5.74, 6) is 0.765. The fraction of sp³-hybridized carbons (Fsp3) is 0.400. The number of hydrogen-bond acceptors (Lipinski definition) is 7. The summed E-state index contributed by atoms with van der Waals surface area (Å²) in [7, 11) is 4.13. The Labute approximate surface area is 233 Å². The van der Waals surface area contributed by atoms with Crippen LogP contribution in [0.15, 0.2) is 42.5 Å². The van der Waals surface area contributed by atoms with Crippen LogP contribution >= 0.6 is 11.6 Å². The standard InChI is InChI=1S/C30H34ClFN6O/c1-16-13-38(18(3)17(2)33-16)29-24-12-25(31)26(23-11-21(39)10-19-8-6-7-9-22(19)23)27(32)28(24)34-30(35-29)37-14-20(15-37)36(4)5/h6-12,16-18,20,33,39H,13-15H2,1-5H3/t16?,17-,18+/m0/s1. The number of aromatic hydroxyl groups is 1. The molecule has 6 rings (SSSR count). The Bertz CT molecular complexity index is 1570. The number of fused-ring (bicyclic) bond motifs is 2. The molecule has 3 heterocycles. The molecule has 2 saturated heterocycles. The molecule has 0 bridgehead atoms. The van der Waals surface area contributed by atoms with Gasteiger partial charge in [0.25, 0.3) is 0 Å². The van der Waals surface area contributed by atoms with E-state index in [1.54, 1.807) is 18.2 Å². The van der Waals surface area contributed by atoms with E-state index in [2.05, 4.69) is 54.9 Å². The second kappa shape index (κ2) is 9.77. The predicted octanol–water partition coefficient (Wildman–Crippen LogP) is 5.27. The summed E-state index contributed by atoms with van der Waals surface area (Å²) in [6, 6.07) is 13.6. The highest BCUT2D eigenvalue weighted by Crippen LogP contribution is 2.43. The minimum Gasteiger partial charge on any atom is -0.508 e. The molecule has 39 heavy (non-hydrogen) atoms. The number of piperazine rings is 1. The van der Waals surface area contributed by atoms with Gasteiger partial charge in [-0.2, -0.15) is 4.98 Å². The molecule has 1 unspecified atom stereocenters. The lowest BCUT2D eigenvalue weighted by molar-refractivity contribution is 0.245. The average molecular weight is 549 g/mol. The van der Waals surface area contributed by atoms with Crippen LogP contribution in [-0.4, -0.2) is 77.9 Å². The van der Waals surface area contributed by atoms with E-state index in [4.69, 9.17) is 21.6 Å². The molecule has 3 aromatic carbocycles. The zero-order chi connectivity index (χ0) is 27.6. The Morgan fingerprint density at radius 3 is 2.51 bits per heavy atom. The number of nitrogens with zero attached hydrogens (tertiary/aromatic N) is 5. The van der Waals surface area contributed by atoms with Gasteiger partial charge in [0, 0.05) is 54.8 Å². The van der Waals surface area contributed by atoms with Crippen molar-refractivity contribution < 1.29 is 9.50 Å². The van der Waals surface area contributed by atoms with Gasteiger partial charge in [0.2, 0.25) is 5.95 Å². The van der Waals surface area contributed by atoms with E-state index < -0.39 is 5.82 Å². The van der Waals surface area contributed by atoms with Crippen LogP contribution in [0.1, 0.15) is 20.8 Å². The molecule has 2 aliphatic rings. The first-order valence-electron chi connectivity index (χ1n) is 13.5. The second-order valence-corrected chi connectivity index (χ2v) is 11.7. The number of hydrogen-bond donors (Lipinski definition) is 2. The van der Waals surface area contributed by atoms with E-state index in [1.807, 2.05) is 24.3 Å². The van der Waals surface area contributed by atoms with E-state index >= 15 is 4.39 Å². The van der Waals surface area contributed by atoms with Crippen LogP contribution in [0.25, 0.3) is 32.8 Å². The van der Waals surface area contributed by atoms with Gasteiger partial charge in [-0.15, -0.1) is 0 Å². The molecule has 3 atom stereocenters. The van der Waals surface area contributed by atoms with Crippen molar-refractivity contribution in [2.24, 2.45) is 0 Å². The number of likely N-dealkylation sites (N-methyl/N-ethyl adjacent to an activating group) is 1. The summed E-state index contributed by atoms with van der Waals surface area (Å²) in [5, 5.41) is 16.5. The minimum atomic E-state index is -0.508. The van der Waals surface area contributed by atoms with Gasteiger partial charge in [0.05, 0.1) is 5.02 Å². The zero-order valence-electron chi connectivity index (χ0n) is 22.9. The molecule has 2 N–H and O–H groups in total. The molecule has 0 spiro atoms. The first-order valence-corrected chi connectivity index (χ1v) is 13.9. The van der Waals surface area contributed by atoms with Gasteiger partial charge < -0.3 is 25.1 Å². The van der Waals surface area contributed by atoms with E-state index in [1.165, 1.54) is 0 Å². The maximum absolute atomic E-state index is 16.7. The molecule has 2 fully saturated rings. The highest BCUT2D eigenvalue weighted by Gasteiger charge is 2.35. The fourth-order valence-corrected chi connectivity index (χ4v) is 6.17. The first kappa shape index (κ1) is 26.0. The maximum atomic E-state index is 16.7. The Morgan fingerprint density at radius 1 is 1.03 bits per heavy atom. The van der Waals surface area contributed by atoms with Gasteiger partial charge in [-0.3, -0.25) is 0 Å². The topological polar surface area (TPSA) is 67.8 Å². The molecule has 0 radical (unpaired) electrons. The van der Waals surface area contributed by atoms with Crippen molar-refractivity contribution in [3.05, 3.63) is 53.3 Å². The summed E-state index contributed by atoms with van der Waals surface area (Å²) in [5.41, 5.74) is 1.00. The van der Waals surface area contributed by atoms with Gasteiger partial charge in [-0.25, -0.2) is 9.37 Å². The Hall–Kier alpha value is -3.20. The van der Waals surface area contributed by atoms with Crippen LogP contribution < -0.4 is 15.1 Å². The lowest BCUT2D eigenvalue weighted by Crippen LogP contribution is -2.60. The molecule has 7 nitrogen and oxygen atoms in total. The lowest BCUT2D eigenvalue weighted by Gasteiger charge is -2.45. The third kappa shape index (κ3) is 4.44. The van der Waals surface area contributed by atoms with E-state index in [0.717, 1.165) is 30.4 Å². The predicted molar refractivity (Wildman–Crippen MR) is 158 cm³/mol. The molecule has 0 amide bonds. The fourth-order valence-electron chi connectivity index (χ4n) is 5.87. The summed E-state index contributed by atoms with van der Waals surface area (Å²) < 4.78 is 16.7. The third-order valence-electron chi connectivity index (χ3n) is 8.35. The number of benzene rings is 3. The van der Waals surface area contributed by atoms with E-state index in [0.29, 0.717) is 28.8 Å². The number of phenolic OH excluding ortho intramolecular Hbond substituents is 1. The largest absolute Gasteiger partial charge is 0.508 e. The van der Waals surface area contributed by atoms with Crippen molar-refractivity contribution in [2.45, 2.75) is 44.9 Å². The van der Waals surface area contributed by atoms with Crippen LogP contribution in [-0.2, 0) is 0 Å². The Kier molecular flexibility index (Phi) is 6.52. The normalized spacial score (nSPS) is 22.2. The molecule has 9 heteroatoms. The van der Waals surface area contributed by atoms with Crippen molar-refractivity contribution in [1.82, 2.24) is 20.2 Å². The number of halogens is 2. The number of phenols is 1. The van der Waals surface area contributed by atoms with E-state index in [9.17, 15) is 5.11 Å². The van der Waals surface area contributed by atoms with Gasteiger partial charge in [0.15, 0.2) is 5.82 Å². The number of nitrogens with one attached hydrogen (secondary N) is 1. The van der Waals surface area contributed by atoms with Crippen molar-refractivity contribution >= 4 is 45.0 Å². The Balaban J connectivity index is 1.59. The Morgan fingerprint density at radius 2 is 1.77 bits per heavy atom. The lowest BCUT2D eigenvalue weighted by atomic mass is 9.96. The zero-order valence-corrected chi connectivity index (χ0v) is 23.7. The average Bonchev–Trinajstić information content (AvgIpc) is 2.85. The van der Waals surface area contributed by atoms with Crippen LogP contribution in [0, 0.1) is 5.82 Å². The van der Waals surface area contributed by atoms with Crippen LogP contribution in [0.4, 0.5) is 16.2 Å². The minimum absolute atomic E-state index is 0.0521. The summed E-state index contributed by atoms with van der Waals surface area (Å²) >= 11 is 6.87. The van der Waals surface area contributed by atoms with Gasteiger partial charge in [-0.1, -0.05) is 35.9 Å². The smallest absolute Gasteiger partial charge is 0.228 e. The van der Waals surface area contributed by atoms with Crippen molar-refractivity contribution in [2.75, 3.05) is 43.5 Å². The van der Waals surface area contributed by atoms with Crippen molar-refractivity contribution in [3.8, 4) is 16.9 Å². The molecular formula is C30H34ClFN6O. The number of aromatic nitrogens is 2. The highest BCUT2D eigenvalue weighted by molar-refractivity contribution is 6.35. The summed E-state index contributed by atoms with van der Waals surface area (Å²) in [4.78, 5) is 16.4. The monoisotopic (exact) mass is 548 g/mol.